The summed E-state index contributed by atoms with van der Waals surface area (Å²) in [5.41, 5.74) is 0.193. The molecule has 0 aromatic rings. The van der Waals surface area contributed by atoms with E-state index in [0.29, 0.717) is 5.91 Å². The van der Waals surface area contributed by atoms with Crippen LogP contribution >= 0.6 is 0 Å². The highest BCUT2D eigenvalue weighted by Gasteiger charge is 2.29. The quantitative estimate of drug-likeness (QED) is 0.797. The van der Waals surface area contributed by atoms with Gasteiger partial charge in [-0.2, -0.15) is 0 Å². The third-order valence-electron chi connectivity index (χ3n) is 3.43. The largest absolute Gasteiger partial charge is 0.341 e. The summed E-state index contributed by atoms with van der Waals surface area (Å²) in [7, 11) is 0. The summed E-state index contributed by atoms with van der Waals surface area (Å²) in [6.45, 7) is 12.3. The molecule has 1 fully saturated rings. The van der Waals surface area contributed by atoms with Gasteiger partial charge in [-0.25, -0.2) is 0 Å². The van der Waals surface area contributed by atoms with Crippen molar-refractivity contribution in [1.29, 1.82) is 0 Å². The van der Waals surface area contributed by atoms with Gasteiger partial charge in [0, 0.05) is 32.1 Å². The number of nitrogens with zero attached hydrogens (tertiary/aromatic N) is 1. The van der Waals surface area contributed by atoms with Crippen LogP contribution in [0.3, 0.4) is 0 Å². The number of carbonyl (C=O) groups excluding carboxylic acids is 1. The molecule has 0 unspecified atom stereocenters. The molecule has 1 aliphatic heterocycles. The Hall–Kier alpha value is -0.570. The predicted octanol–water partition coefficient (Wildman–Crippen LogP) is 1.88. The van der Waals surface area contributed by atoms with Gasteiger partial charge < -0.3 is 10.2 Å². The molecule has 94 valence electrons. The molecule has 1 saturated heterocycles. The molecule has 1 rings (SSSR count). The molecule has 16 heavy (non-hydrogen) atoms. The van der Waals surface area contributed by atoms with Crippen molar-refractivity contribution in [3.05, 3.63) is 0 Å². The number of hydrogen-bond acceptors (Lipinski definition) is 2. The number of carbonyl (C=O) groups is 1. The second-order valence-corrected chi connectivity index (χ2v) is 5.61. The van der Waals surface area contributed by atoms with Gasteiger partial charge >= 0.3 is 0 Å². The molecule has 0 radical (unpaired) electrons. The van der Waals surface area contributed by atoms with Gasteiger partial charge in [0.25, 0.3) is 0 Å². The summed E-state index contributed by atoms with van der Waals surface area (Å²) in [6, 6.07) is 0. The fraction of sp³-hybridized carbons (Fsp3) is 0.923. The van der Waals surface area contributed by atoms with Gasteiger partial charge in [0.15, 0.2) is 0 Å². The molecule has 1 aliphatic rings. The maximum atomic E-state index is 12.3. The Morgan fingerprint density at radius 2 is 2.00 bits per heavy atom. The third-order valence-corrected chi connectivity index (χ3v) is 3.43. The van der Waals surface area contributed by atoms with Crippen LogP contribution in [0.25, 0.3) is 0 Å². The topological polar surface area (TPSA) is 32.3 Å². The minimum atomic E-state index is 0.193. The lowest BCUT2D eigenvalue weighted by Crippen LogP contribution is -2.42. The van der Waals surface area contributed by atoms with E-state index < -0.39 is 0 Å². The van der Waals surface area contributed by atoms with Crippen LogP contribution in [0.1, 0.15) is 40.5 Å². The molecule has 3 nitrogen and oxygen atoms in total. The molecule has 0 atom stereocenters. The fourth-order valence-electron chi connectivity index (χ4n) is 2.38. The van der Waals surface area contributed by atoms with Crippen LogP contribution < -0.4 is 5.32 Å². The van der Waals surface area contributed by atoms with E-state index in [4.69, 9.17) is 0 Å². The first kappa shape index (κ1) is 13.5. The predicted molar refractivity (Wildman–Crippen MR) is 67.3 cm³/mol. The average molecular weight is 226 g/mol. The van der Waals surface area contributed by atoms with Crippen LogP contribution in [0, 0.1) is 11.3 Å². The number of amides is 1. The molecule has 3 heteroatoms. The minimum Gasteiger partial charge on any atom is -0.341 e. The maximum absolute atomic E-state index is 12.3. The van der Waals surface area contributed by atoms with Crippen LogP contribution in [0.5, 0.6) is 0 Å². The second kappa shape index (κ2) is 5.67. The van der Waals surface area contributed by atoms with Crippen molar-refractivity contribution in [2.75, 3.05) is 26.2 Å². The summed E-state index contributed by atoms with van der Waals surface area (Å²) in [5.74, 6) is 0.565. The van der Waals surface area contributed by atoms with Gasteiger partial charge in [-0.1, -0.05) is 27.7 Å². The fourth-order valence-corrected chi connectivity index (χ4v) is 2.38. The normalized spacial score (nSPS) is 20.9. The number of hydrogen-bond donors (Lipinski definition) is 1. The van der Waals surface area contributed by atoms with Gasteiger partial charge in [0.1, 0.15) is 0 Å². The van der Waals surface area contributed by atoms with Gasteiger partial charge in [0.05, 0.1) is 0 Å². The average Bonchev–Trinajstić information content (AvgIpc) is 2.41. The van der Waals surface area contributed by atoms with E-state index in [-0.39, 0.29) is 11.3 Å². The minimum absolute atomic E-state index is 0.193. The van der Waals surface area contributed by atoms with Gasteiger partial charge in [-0.15, -0.1) is 0 Å². The van der Waals surface area contributed by atoms with E-state index in [2.05, 4.69) is 37.9 Å². The molecule has 1 heterocycles. The highest BCUT2D eigenvalue weighted by atomic mass is 16.2. The van der Waals surface area contributed by atoms with Crippen molar-refractivity contribution >= 4 is 5.91 Å². The van der Waals surface area contributed by atoms with Crippen molar-refractivity contribution in [2.24, 2.45) is 11.3 Å². The van der Waals surface area contributed by atoms with Crippen molar-refractivity contribution < 1.29 is 4.79 Å². The molecule has 0 aromatic heterocycles. The van der Waals surface area contributed by atoms with Gasteiger partial charge in [-0.3, -0.25) is 4.79 Å². The lowest BCUT2D eigenvalue weighted by molar-refractivity contribution is -0.136. The third kappa shape index (κ3) is 3.48. The Morgan fingerprint density at radius 1 is 1.38 bits per heavy atom. The second-order valence-electron chi connectivity index (χ2n) is 5.61. The van der Waals surface area contributed by atoms with Crippen LogP contribution in [0.2, 0.25) is 0 Å². The zero-order valence-electron chi connectivity index (χ0n) is 11.2. The van der Waals surface area contributed by atoms with E-state index in [1.807, 2.05) is 0 Å². The summed E-state index contributed by atoms with van der Waals surface area (Å²) in [4.78, 5) is 14.4. The standard InChI is InChI=1S/C13H26N2O/c1-5-11(6-2)12(16)15-8-7-14-9-13(3,4)10-15/h11,14H,5-10H2,1-4H3. The van der Waals surface area contributed by atoms with E-state index in [9.17, 15) is 4.79 Å². The van der Waals surface area contributed by atoms with Crippen molar-refractivity contribution in [3.8, 4) is 0 Å². The van der Waals surface area contributed by atoms with Crippen LogP contribution in [0.15, 0.2) is 0 Å². The maximum Gasteiger partial charge on any atom is 0.225 e. The molecule has 1 N–H and O–H groups in total. The summed E-state index contributed by atoms with van der Waals surface area (Å²) < 4.78 is 0. The Morgan fingerprint density at radius 3 is 2.56 bits per heavy atom. The zero-order chi connectivity index (χ0) is 12.2. The molecule has 0 saturated carbocycles. The lowest BCUT2D eigenvalue weighted by Gasteiger charge is -2.31. The monoisotopic (exact) mass is 226 g/mol. The first-order chi connectivity index (χ1) is 7.50. The van der Waals surface area contributed by atoms with Crippen LogP contribution in [-0.2, 0) is 4.79 Å². The Balaban J connectivity index is 2.66. The number of rotatable bonds is 3. The Labute approximate surface area is 99.6 Å². The van der Waals surface area contributed by atoms with Crippen molar-refractivity contribution in [3.63, 3.8) is 0 Å². The Kier molecular flexibility index (Phi) is 4.78. The summed E-state index contributed by atoms with van der Waals surface area (Å²) >= 11 is 0. The highest BCUT2D eigenvalue weighted by molar-refractivity contribution is 5.78. The van der Waals surface area contributed by atoms with E-state index >= 15 is 0 Å². The molecular formula is C13H26N2O. The van der Waals surface area contributed by atoms with E-state index in [0.717, 1.165) is 39.0 Å². The number of nitrogens with one attached hydrogen (secondary N) is 1. The molecule has 0 spiro atoms. The van der Waals surface area contributed by atoms with Gasteiger partial charge in [-0.05, 0) is 18.3 Å². The van der Waals surface area contributed by atoms with Crippen molar-refractivity contribution in [1.82, 2.24) is 10.2 Å². The first-order valence-corrected chi connectivity index (χ1v) is 6.49. The zero-order valence-corrected chi connectivity index (χ0v) is 11.2. The first-order valence-electron chi connectivity index (χ1n) is 6.49. The van der Waals surface area contributed by atoms with E-state index in [1.54, 1.807) is 0 Å². The highest BCUT2D eigenvalue weighted by Crippen LogP contribution is 2.20. The molecule has 0 aromatic carbocycles. The van der Waals surface area contributed by atoms with Crippen molar-refractivity contribution in [2.45, 2.75) is 40.5 Å². The SMILES string of the molecule is CCC(CC)C(=O)N1CCNCC(C)(C)C1. The smallest absolute Gasteiger partial charge is 0.225 e. The molecule has 0 aliphatic carbocycles. The Bertz CT molecular complexity index is 234. The van der Waals surface area contributed by atoms with Crippen LogP contribution in [-0.4, -0.2) is 37.0 Å². The summed E-state index contributed by atoms with van der Waals surface area (Å²) in [5, 5.41) is 3.40. The lowest BCUT2D eigenvalue weighted by atomic mass is 9.92. The molecule has 0 bridgehead atoms. The van der Waals surface area contributed by atoms with Crippen LogP contribution in [0.4, 0.5) is 0 Å². The summed E-state index contributed by atoms with van der Waals surface area (Å²) in [6.07, 6.45) is 1.92. The van der Waals surface area contributed by atoms with E-state index in [1.165, 1.54) is 0 Å². The molecular weight excluding hydrogens is 200 g/mol. The van der Waals surface area contributed by atoms with Gasteiger partial charge in [0.2, 0.25) is 5.91 Å². The molecule has 1 amide bonds.